The Morgan fingerprint density at radius 1 is 1.42 bits per heavy atom. The van der Waals surface area contributed by atoms with E-state index >= 15 is 0 Å². The van der Waals surface area contributed by atoms with Crippen molar-refractivity contribution in [1.29, 1.82) is 0 Å². The summed E-state index contributed by atoms with van der Waals surface area (Å²) in [6, 6.07) is 9.42. The minimum Gasteiger partial charge on any atom is -0.399 e. The van der Waals surface area contributed by atoms with Crippen LogP contribution in [-0.4, -0.2) is 24.5 Å². The first-order valence-electron chi connectivity index (χ1n) is 3.64. The van der Waals surface area contributed by atoms with E-state index in [4.69, 9.17) is 5.11 Å². The largest absolute Gasteiger partial charge is 0.399 e. The number of hydrogen-bond acceptors (Lipinski definition) is 3. The highest BCUT2D eigenvalue weighted by Crippen LogP contribution is 2.00. The topological polar surface area (TPSA) is 41.8 Å². The Morgan fingerprint density at radius 2 is 2.08 bits per heavy atom. The first-order chi connectivity index (χ1) is 5.88. The molecule has 0 bridgehead atoms. The highest BCUT2D eigenvalue weighted by molar-refractivity contribution is 6.00. The Bertz CT molecular complexity index is 256. The Kier molecular flexibility index (Phi) is 3.29. The molecule has 0 fully saturated rings. The molecular weight excluding hydrogens is 154 g/mol. The normalized spacial score (nSPS) is 11.3. The molecule has 0 spiro atoms. The summed E-state index contributed by atoms with van der Waals surface area (Å²) < 4.78 is 0. The fourth-order valence-corrected chi connectivity index (χ4v) is 0.914. The smallest absolute Gasteiger partial charge is 0.112 e. The van der Waals surface area contributed by atoms with Gasteiger partial charge in [-0.25, -0.2) is 0 Å². The van der Waals surface area contributed by atoms with Crippen LogP contribution >= 0.6 is 0 Å². The number of benzene rings is 1. The van der Waals surface area contributed by atoms with Crippen LogP contribution in [0.2, 0.25) is 0 Å². The SMILES string of the molecule is CON=C(CO)c1ccccc1. The number of aliphatic hydroxyl groups excluding tert-OH is 1. The van der Waals surface area contributed by atoms with Gasteiger partial charge >= 0.3 is 0 Å². The number of hydrogen-bond donors (Lipinski definition) is 1. The number of rotatable bonds is 3. The van der Waals surface area contributed by atoms with E-state index in [1.54, 1.807) is 0 Å². The van der Waals surface area contributed by atoms with E-state index in [-0.39, 0.29) is 6.61 Å². The van der Waals surface area contributed by atoms with Gasteiger partial charge in [-0.3, -0.25) is 0 Å². The minimum absolute atomic E-state index is 0.113. The van der Waals surface area contributed by atoms with E-state index in [2.05, 4.69) is 9.99 Å². The average molecular weight is 165 g/mol. The van der Waals surface area contributed by atoms with Crippen molar-refractivity contribution in [2.24, 2.45) is 5.16 Å². The number of aliphatic hydroxyl groups is 1. The van der Waals surface area contributed by atoms with E-state index in [0.29, 0.717) is 5.71 Å². The second-order valence-corrected chi connectivity index (χ2v) is 2.24. The third-order valence-corrected chi connectivity index (χ3v) is 1.46. The van der Waals surface area contributed by atoms with Crippen molar-refractivity contribution in [1.82, 2.24) is 0 Å². The van der Waals surface area contributed by atoms with Crippen LogP contribution in [0.5, 0.6) is 0 Å². The summed E-state index contributed by atoms with van der Waals surface area (Å²) in [6.45, 7) is -0.113. The Hall–Kier alpha value is -1.35. The van der Waals surface area contributed by atoms with Crippen LogP contribution in [0, 0.1) is 0 Å². The second kappa shape index (κ2) is 4.51. The van der Waals surface area contributed by atoms with E-state index in [9.17, 15) is 0 Å². The van der Waals surface area contributed by atoms with Crippen molar-refractivity contribution >= 4 is 5.71 Å². The minimum atomic E-state index is -0.113. The molecule has 0 amide bonds. The van der Waals surface area contributed by atoms with Gasteiger partial charge in [-0.2, -0.15) is 0 Å². The quantitative estimate of drug-likeness (QED) is 0.537. The van der Waals surface area contributed by atoms with Gasteiger partial charge in [0.05, 0.1) is 6.61 Å². The lowest BCUT2D eigenvalue weighted by atomic mass is 10.1. The standard InChI is InChI=1S/C9H11NO2/c1-12-10-9(7-11)8-5-3-2-4-6-8/h2-6,11H,7H2,1H3. The summed E-state index contributed by atoms with van der Waals surface area (Å²) in [6.07, 6.45) is 0. The van der Waals surface area contributed by atoms with Crippen molar-refractivity contribution in [3.05, 3.63) is 35.9 Å². The Morgan fingerprint density at radius 3 is 2.58 bits per heavy atom. The third kappa shape index (κ3) is 2.07. The van der Waals surface area contributed by atoms with E-state index in [1.807, 2.05) is 30.3 Å². The highest BCUT2D eigenvalue weighted by atomic mass is 16.6. The van der Waals surface area contributed by atoms with E-state index in [0.717, 1.165) is 5.56 Å². The summed E-state index contributed by atoms with van der Waals surface area (Å²) in [7, 11) is 1.46. The van der Waals surface area contributed by atoms with Crippen LogP contribution < -0.4 is 0 Å². The van der Waals surface area contributed by atoms with Crippen LogP contribution in [0.25, 0.3) is 0 Å². The zero-order valence-electron chi connectivity index (χ0n) is 6.90. The molecule has 0 aliphatic heterocycles. The van der Waals surface area contributed by atoms with Crippen molar-refractivity contribution in [3.8, 4) is 0 Å². The van der Waals surface area contributed by atoms with Crippen molar-refractivity contribution in [3.63, 3.8) is 0 Å². The van der Waals surface area contributed by atoms with Crippen LogP contribution in [0.15, 0.2) is 35.5 Å². The van der Waals surface area contributed by atoms with Crippen LogP contribution in [0.4, 0.5) is 0 Å². The monoisotopic (exact) mass is 165 g/mol. The molecule has 0 aliphatic carbocycles. The molecule has 0 aliphatic rings. The van der Waals surface area contributed by atoms with Gasteiger partial charge in [-0.1, -0.05) is 35.5 Å². The molecular formula is C9H11NO2. The lowest BCUT2D eigenvalue weighted by Crippen LogP contribution is -2.06. The summed E-state index contributed by atoms with van der Waals surface area (Å²) in [5.74, 6) is 0. The van der Waals surface area contributed by atoms with Gasteiger partial charge in [-0.15, -0.1) is 0 Å². The molecule has 12 heavy (non-hydrogen) atoms. The Balaban J connectivity index is 2.88. The fraction of sp³-hybridized carbons (Fsp3) is 0.222. The molecule has 1 aromatic carbocycles. The molecule has 0 radical (unpaired) electrons. The summed E-state index contributed by atoms with van der Waals surface area (Å²) in [4.78, 5) is 4.58. The molecule has 0 unspecified atom stereocenters. The fourth-order valence-electron chi connectivity index (χ4n) is 0.914. The lowest BCUT2D eigenvalue weighted by Gasteiger charge is -2.00. The van der Waals surface area contributed by atoms with Crippen LogP contribution in [0.1, 0.15) is 5.56 Å². The maximum absolute atomic E-state index is 8.90. The summed E-state index contributed by atoms with van der Waals surface area (Å²) >= 11 is 0. The maximum Gasteiger partial charge on any atom is 0.112 e. The van der Waals surface area contributed by atoms with Gasteiger partial charge in [0.2, 0.25) is 0 Å². The van der Waals surface area contributed by atoms with Gasteiger partial charge in [0, 0.05) is 5.56 Å². The van der Waals surface area contributed by atoms with Gasteiger partial charge in [0.15, 0.2) is 0 Å². The van der Waals surface area contributed by atoms with Gasteiger partial charge in [0.25, 0.3) is 0 Å². The molecule has 1 rings (SSSR count). The predicted molar refractivity (Wildman–Crippen MR) is 47.1 cm³/mol. The maximum atomic E-state index is 8.90. The first-order valence-corrected chi connectivity index (χ1v) is 3.64. The van der Waals surface area contributed by atoms with Crippen molar-refractivity contribution < 1.29 is 9.94 Å². The molecule has 64 valence electrons. The number of nitrogens with zero attached hydrogens (tertiary/aromatic N) is 1. The van der Waals surface area contributed by atoms with Crippen LogP contribution in [0.3, 0.4) is 0 Å². The predicted octanol–water partition coefficient (Wildman–Crippen LogP) is 1.03. The average Bonchev–Trinajstić information content (AvgIpc) is 2.15. The lowest BCUT2D eigenvalue weighted by molar-refractivity contribution is 0.209. The molecule has 0 aromatic heterocycles. The molecule has 3 nitrogen and oxygen atoms in total. The number of oxime groups is 1. The Labute approximate surface area is 71.3 Å². The third-order valence-electron chi connectivity index (χ3n) is 1.46. The van der Waals surface area contributed by atoms with Crippen LogP contribution in [-0.2, 0) is 4.84 Å². The van der Waals surface area contributed by atoms with Crippen molar-refractivity contribution in [2.75, 3.05) is 13.7 Å². The van der Waals surface area contributed by atoms with E-state index < -0.39 is 0 Å². The summed E-state index contributed by atoms with van der Waals surface area (Å²) in [5.41, 5.74) is 1.42. The molecule has 3 heteroatoms. The summed E-state index contributed by atoms with van der Waals surface area (Å²) in [5, 5.41) is 12.6. The molecule has 0 saturated carbocycles. The van der Waals surface area contributed by atoms with Gasteiger partial charge < -0.3 is 9.94 Å². The molecule has 0 saturated heterocycles. The molecule has 1 aromatic rings. The zero-order chi connectivity index (χ0) is 8.81. The molecule has 1 N–H and O–H groups in total. The van der Waals surface area contributed by atoms with E-state index in [1.165, 1.54) is 7.11 Å². The second-order valence-electron chi connectivity index (χ2n) is 2.24. The van der Waals surface area contributed by atoms with Gasteiger partial charge in [-0.05, 0) is 0 Å². The van der Waals surface area contributed by atoms with Crippen molar-refractivity contribution in [2.45, 2.75) is 0 Å². The highest BCUT2D eigenvalue weighted by Gasteiger charge is 2.00. The first kappa shape index (κ1) is 8.74. The molecule has 0 atom stereocenters. The van der Waals surface area contributed by atoms with Gasteiger partial charge in [0.1, 0.15) is 12.8 Å². The molecule has 0 heterocycles. The zero-order valence-corrected chi connectivity index (χ0v) is 6.90.